The normalized spacial score (nSPS) is 10.2. The third kappa shape index (κ3) is 1.77. The summed E-state index contributed by atoms with van der Waals surface area (Å²) in [6, 6.07) is 7.32. The molecule has 0 radical (unpaired) electrons. The Morgan fingerprint density at radius 2 is 1.93 bits per heavy atom. The minimum atomic E-state index is -0.927. The number of rotatable bonds is 1. The minimum Gasteiger partial charge on any atom is -0.252 e. The predicted octanol–water partition coefficient (Wildman–Crippen LogP) is 2.58. The summed E-state index contributed by atoms with van der Waals surface area (Å²) in [6.45, 7) is 0. The summed E-state index contributed by atoms with van der Waals surface area (Å²) in [5.74, 6) is -1.82. The van der Waals surface area contributed by atoms with E-state index in [9.17, 15) is 8.78 Å². The molecule has 1 heterocycles. The van der Waals surface area contributed by atoms with Gasteiger partial charge < -0.3 is 0 Å². The highest BCUT2D eigenvalue weighted by Crippen LogP contribution is 2.17. The van der Waals surface area contributed by atoms with Crippen molar-refractivity contribution in [2.75, 3.05) is 0 Å². The lowest BCUT2D eigenvalue weighted by atomic mass is 10.2. The van der Waals surface area contributed by atoms with Gasteiger partial charge >= 0.3 is 0 Å². The van der Waals surface area contributed by atoms with E-state index in [4.69, 9.17) is 5.26 Å². The highest BCUT2D eigenvalue weighted by Gasteiger charge is 2.05. The quantitative estimate of drug-likeness (QED) is 0.715. The summed E-state index contributed by atoms with van der Waals surface area (Å²) in [5, 5.41) is 8.99. The zero-order chi connectivity index (χ0) is 10.8. The average molecular weight is 204 g/mol. The Morgan fingerprint density at radius 1 is 1.20 bits per heavy atom. The van der Waals surface area contributed by atoms with E-state index in [2.05, 4.69) is 4.98 Å². The predicted molar refractivity (Wildman–Crippen MR) is 51.0 cm³/mol. The van der Waals surface area contributed by atoms with Crippen molar-refractivity contribution >= 4 is 10.9 Å². The van der Waals surface area contributed by atoms with Crippen LogP contribution >= 0.6 is 0 Å². The van der Waals surface area contributed by atoms with Crippen LogP contribution < -0.4 is 0 Å². The second kappa shape index (κ2) is 3.62. The minimum absolute atomic E-state index is 0.162. The summed E-state index contributed by atoms with van der Waals surface area (Å²) in [5.41, 5.74) is 0.914. The topological polar surface area (TPSA) is 36.7 Å². The lowest BCUT2D eigenvalue weighted by Gasteiger charge is -2.00. The number of fused-ring (bicyclic) bond motifs is 1. The van der Waals surface area contributed by atoms with Gasteiger partial charge in [0, 0.05) is 11.5 Å². The third-order valence-corrected chi connectivity index (χ3v) is 2.05. The maximum absolute atomic E-state index is 12.9. The molecule has 2 rings (SSSR count). The van der Waals surface area contributed by atoms with Crippen molar-refractivity contribution < 1.29 is 8.78 Å². The molecular formula is C11H6F2N2. The van der Waals surface area contributed by atoms with Crippen LogP contribution in [0.5, 0.6) is 0 Å². The first-order chi connectivity index (χ1) is 7.20. The van der Waals surface area contributed by atoms with E-state index in [1.54, 1.807) is 12.1 Å². The molecule has 0 saturated heterocycles. The molecule has 4 heteroatoms. The Balaban J connectivity index is 2.62. The van der Waals surface area contributed by atoms with E-state index in [1.807, 2.05) is 6.07 Å². The molecule has 0 amide bonds. The van der Waals surface area contributed by atoms with Crippen molar-refractivity contribution in [3.8, 4) is 6.07 Å². The van der Waals surface area contributed by atoms with E-state index in [-0.39, 0.29) is 6.42 Å². The fourth-order valence-corrected chi connectivity index (χ4v) is 1.34. The van der Waals surface area contributed by atoms with Gasteiger partial charge in [0.15, 0.2) is 11.6 Å². The molecule has 1 aromatic heterocycles. The fourth-order valence-electron chi connectivity index (χ4n) is 1.34. The van der Waals surface area contributed by atoms with Gasteiger partial charge in [-0.2, -0.15) is 5.26 Å². The molecule has 0 unspecified atom stereocenters. The molecule has 2 aromatic rings. The maximum atomic E-state index is 12.9. The van der Waals surface area contributed by atoms with Crippen molar-refractivity contribution in [1.82, 2.24) is 4.98 Å². The van der Waals surface area contributed by atoms with Crippen LogP contribution in [-0.4, -0.2) is 4.98 Å². The number of hydrogen-bond acceptors (Lipinski definition) is 2. The summed E-state index contributed by atoms with van der Waals surface area (Å²) < 4.78 is 25.7. The SMILES string of the molecule is N#CCc1ccc2cc(F)c(F)cc2n1. The standard InChI is InChI=1S/C11H6F2N2/c12-9-5-7-1-2-8(3-4-14)15-11(7)6-10(9)13/h1-2,5-6H,3H2. The van der Waals surface area contributed by atoms with Gasteiger partial charge in [0.1, 0.15) is 0 Å². The van der Waals surface area contributed by atoms with Gasteiger partial charge in [0.05, 0.1) is 23.7 Å². The van der Waals surface area contributed by atoms with Crippen LogP contribution in [0.2, 0.25) is 0 Å². The highest BCUT2D eigenvalue weighted by atomic mass is 19.2. The molecule has 0 aliphatic carbocycles. The monoisotopic (exact) mass is 204 g/mol. The number of hydrogen-bond donors (Lipinski definition) is 0. The number of benzene rings is 1. The number of halogens is 2. The molecular weight excluding hydrogens is 198 g/mol. The van der Waals surface area contributed by atoms with Crippen molar-refractivity contribution in [1.29, 1.82) is 5.26 Å². The molecule has 15 heavy (non-hydrogen) atoms. The lowest BCUT2D eigenvalue weighted by Crippen LogP contribution is -1.91. The Labute approximate surface area is 84.8 Å². The van der Waals surface area contributed by atoms with Gasteiger partial charge in [-0.1, -0.05) is 6.07 Å². The van der Waals surface area contributed by atoms with Crippen LogP contribution in [0, 0.1) is 23.0 Å². The van der Waals surface area contributed by atoms with Crippen molar-refractivity contribution in [3.05, 3.63) is 41.6 Å². The van der Waals surface area contributed by atoms with Gasteiger partial charge in [-0.25, -0.2) is 8.78 Å². The zero-order valence-electron chi connectivity index (χ0n) is 7.67. The van der Waals surface area contributed by atoms with Gasteiger partial charge in [-0.15, -0.1) is 0 Å². The first-order valence-corrected chi connectivity index (χ1v) is 4.32. The number of nitrogens with zero attached hydrogens (tertiary/aromatic N) is 2. The Morgan fingerprint density at radius 3 is 2.67 bits per heavy atom. The number of aromatic nitrogens is 1. The summed E-state index contributed by atoms with van der Waals surface area (Å²) in [4.78, 5) is 4.04. The average Bonchev–Trinajstić information content (AvgIpc) is 2.21. The van der Waals surface area contributed by atoms with Gasteiger partial charge in [0.25, 0.3) is 0 Å². The van der Waals surface area contributed by atoms with Crippen LogP contribution in [-0.2, 0) is 6.42 Å². The Kier molecular flexibility index (Phi) is 2.30. The van der Waals surface area contributed by atoms with E-state index >= 15 is 0 Å². The fraction of sp³-hybridized carbons (Fsp3) is 0.0909. The van der Waals surface area contributed by atoms with Gasteiger partial charge in [-0.05, 0) is 12.1 Å². The molecule has 0 bridgehead atoms. The summed E-state index contributed by atoms with van der Waals surface area (Å²) in [6.07, 6.45) is 0.162. The van der Waals surface area contributed by atoms with Crippen molar-refractivity contribution in [2.24, 2.45) is 0 Å². The Bertz CT molecular complexity index is 558. The molecule has 1 aromatic carbocycles. The molecule has 0 N–H and O–H groups in total. The molecule has 2 nitrogen and oxygen atoms in total. The lowest BCUT2D eigenvalue weighted by molar-refractivity contribution is 0.510. The van der Waals surface area contributed by atoms with Crippen LogP contribution in [0.3, 0.4) is 0 Å². The van der Waals surface area contributed by atoms with E-state index in [0.29, 0.717) is 16.6 Å². The first-order valence-electron chi connectivity index (χ1n) is 4.32. The summed E-state index contributed by atoms with van der Waals surface area (Å²) in [7, 11) is 0. The molecule has 74 valence electrons. The van der Waals surface area contributed by atoms with Crippen molar-refractivity contribution in [2.45, 2.75) is 6.42 Å². The maximum Gasteiger partial charge on any atom is 0.161 e. The molecule has 0 saturated carbocycles. The second-order valence-corrected chi connectivity index (χ2v) is 3.10. The van der Waals surface area contributed by atoms with E-state index in [0.717, 1.165) is 12.1 Å². The van der Waals surface area contributed by atoms with Crippen LogP contribution in [0.15, 0.2) is 24.3 Å². The second-order valence-electron chi connectivity index (χ2n) is 3.10. The molecule has 0 aliphatic heterocycles. The smallest absolute Gasteiger partial charge is 0.161 e. The van der Waals surface area contributed by atoms with Gasteiger partial charge in [0.2, 0.25) is 0 Å². The molecule has 0 spiro atoms. The third-order valence-electron chi connectivity index (χ3n) is 2.05. The van der Waals surface area contributed by atoms with Crippen LogP contribution in [0.1, 0.15) is 5.69 Å². The largest absolute Gasteiger partial charge is 0.252 e. The van der Waals surface area contributed by atoms with Crippen LogP contribution in [0.4, 0.5) is 8.78 Å². The molecule has 0 fully saturated rings. The highest BCUT2D eigenvalue weighted by molar-refractivity contribution is 5.78. The number of nitriles is 1. The number of pyridine rings is 1. The first kappa shape index (κ1) is 9.53. The zero-order valence-corrected chi connectivity index (χ0v) is 7.67. The Hall–Kier alpha value is -2.02. The summed E-state index contributed by atoms with van der Waals surface area (Å²) >= 11 is 0. The van der Waals surface area contributed by atoms with Crippen molar-refractivity contribution in [3.63, 3.8) is 0 Å². The molecule has 0 atom stereocenters. The van der Waals surface area contributed by atoms with E-state index in [1.165, 1.54) is 0 Å². The van der Waals surface area contributed by atoms with E-state index < -0.39 is 11.6 Å². The van der Waals surface area contributed by atoms with Gasteiger partial charge in [-0.3, -0.25) is 4.98 Å². The molecule has 0 aliphatic rings. The van der Waals surface area contributed by atoms with Crippen LogP contribution in [0.25, 0.3) is 10.9 Å².